The molecule has 0 atom stereocenters. The monoisotopic (exact) mass is 347 g/mol. The SMILES string of the molecule is COc1ccc(C)cc1CCNC(=O)c1cccc(S(C)(=O)=O)c1. The smallest absolute Gasteiger partial charge is 0.251 e. The summed E-state index contributed by atoms with van der Waals surface area (Å²) in [6.45, 7) is 2.43. The van der Waals surface area contributed by atoms with Gasteiger partial charge in [-0.3, -0.25) is 4.79 Å². The van der Waals surface area contributed by atoms with Crippen molar-refractivity contribution < 1.29 is 17.9 Å². The van der Waals surface area contributed by atoms with E-state index in [2.05, 4.69) is 5.32 Å². The van der Waals surface area contributed by atoms with Crippen LogP contribution in [-0.4, -0.2) is 34.2 Å². The Hall–Kier alpha value is -2.34. The molecule has 0 aliphatic heterocycles. The highest BCUT2D eigenvalue weighted by Gasteiger charge is 2.11. The van der Waals surface area contributed by atoms with E-state index in [4.69, 9.17) is 4.74 Å². The van der Waals surface area contributed by atoms with Gasteiger partial charge in [0.1, 0.15) is 5.75 Å². The standard InChI is InChI=1S/C18H21NO4S/c1-13-7-8-17(23-2)14(11-13)9-10-19-18(20)15-5-4-6-16(12-15)24(3,21)22/h4-8,11-12H,9-10H2,1-3H3,(H,19,20). The van der Waals surface area contributed by atoms with Crippen molar-refractivity contribution in [3.05, 3.63) is 59.2 Å². The summed E-state index contributed by atoms with van der Waals surface area (Å²) in [5, 5.41) is 2.81. The van der Waals surface area contributed by atoms with E-state index in [0.29, 0.717) is 18.5 Å². The Bertz CT molecular complexity index is 844. The molecule has 0 saturated heterocycles. The molecule has 2 aromatic carbocycles. The Morgan fingerprint density at radius 1 is 1.17 bits per heavy atom. The number of nitrogens with one attached hydrogen (secondary N) is 1. The second-order valence-electron chi connectivity index (χ2n) is 5.62. The maximum Gasteiger partial charge on any atom is 0.251 e. The molecule has 5 nitrogen and oxygen atoms in total. The van der Waals surface area contributed by atoms with Crippen molar-refractivity contribution in [1.29, 1.82) is 0 Å². The van der Waals surface area contributed by atoms with E-state index >= 15 is 0 Å². The molecule has 0 heterocycles. The Labute approximate surface area is 142 Å². The molecule has 0 spiro atoms. The average Bonchev–Trinajstić information content (AvgIpc) is 2.54. The number of hydrogen-bond acceptors (Lipinski definition) is 4. The average molecular weight is 347 g/mol. The molecular weight excluding hydrogens is 326 g/mol. The van der Waals surface area contributed by atoms with Gasteiger partial charge in [-0.05, 0) is 43.2 Å². The van der Waals surface area contributed by atoms with Crippen LogP contribution in [-0.2, 0) is 16.3 Å². The lowest BCUT2D eigenvalue weighted by Gasteiger charge is -2.10. The fourth-order valence-electron chi connectivity index (χ4n) is 2.38. The summed E-state index contributed by atoms with van der Waals surface area (Å²) in [6.07, 6.45) is 1.75. The first-order valence-corrected chi connectivity index (χ1v) is 9.42. The van der Waals surface area contributed by atoms with E-state index < -0.39 is 9.84 Å². The predicted octanol–water partition coefficient (Wildman–Crippen LogP) is 2.38. The zero-order valence-electron chi connectivity index (χ0n) is 14.0. The van der Waals surface area contributed by atoms with E-state index in [1.165, 1.54) is 12.1 Å². The Balaban J connectivity index is 2.03. The fourth-order valence-corrected chi connectivity index (χ4v) is 3.05. The van der Waals surface area contributed by atoms with E-state index in [9.17, 15) is 13.2 Å². The van der Waals surface area contributed by atoms with Crippen molar-refractivity contribution in [1.82, 2.24) is 5.32 Å². The Morgan fingerprint density at radius 3 is 2.58 bits per heavy atom. The van der Waals surface area contributed by atoms with Crippen LogP contribution in [0.15, 0.2) is 47.4 Å². The maximum atomic E-state index is 12.2. The molecule has 0 aromatic heterocycles. The minimum Gasteiger partial charge on any atom is -0.496 e. The number of amides is 1. The van der Waals surface area contributed by atoms with Gasteiger partial charge in [-0.1, -0.05) is 23.8 Å². The van der Waals surface area contributed by atoms with Crippen LogP contribution in [0.1, 0.15) is 21.5 Å². The Morgan fingerprint density at radius 2 is 1.92 bits per heavy atom. The van der Waals surface area contributed by atoms with Crippen LogP contribution in [0.5, 0.6) is 5.75 Å². The van der Waals surface area contributed by atoms with Crippen LogP contribution in [0.4, 0.5) is 0 Å². The second-order valence-corrected chi connectivity index (χ2v) is 7.64. The highest BCUT2D eigenvalue weighted by molar-refractivity contribution is 7.90. The van der Waals surface area contributed by atoms with E-state index in [0.717, 1.165) is 23.1 Å². The summed E-state index contributed by atoms with van der Waals surface area (Å²) in [5.41, 5.74) is 2.47. The number of carbonyl (C=O) groups is 1. The third kappa shape index (κ3) is 4.58. The van der Waals surface area contributed by atoms with Crippen molar-refractivity contribution >= 4 is 15.7 Å². The van der Waals surface area contributed by atoms with E-state index in [-0.39, 0.29) is 10.8 Å². The lowest BCUT2D eigenvalue weighted by molar-refractivity contribution is 0.0954. The molecule has 0 radical (unpaired) electrons. The second kappa shape index (κ2) is 7.49. The molecule has 0 unspecified atom stereocenters. The molecule has 1 N–H and O–H groups in total. The topological polar surface area (TPSA) is 72.5 Å². The number of aryl methyl sites for hydroxylation is 1. The number of carbonyl (C=O) groups excluding carboxylic acids is 1. The van der Waals surface area contributed by atoms with Crippen molar-refractivity contribution in [3.63, 3.8) is 0 Å². The summed E-state index contributed by atoms with van der Waals surface area (Å²) in [6, 6.07) is 11.9. The molecule has 1 amide bonds. The lowest BCUT2D eigenvalue weighted by Crippen LogP contribution is -2.26. The first-order chi connectivity index (χ1) is 11.3. The van der Waals surface area contributed by atoms with Gasteiger partial charge >= 0.3 is 0 Å². The van der Waals surface area contributed by atoms with Crippen LogP contribution in [0.3, 0.4) is 0 Å². The van der Waals surface area contributed by atoms with Gasteiger partial charge in [-0.25, -0.2) is 8.42 Å². The molecule has 2 rings (SSSR count). The molecule has 0 aliphatic rings. The van der Waals surface area contributed by atoms with Crippen molar-refractivity contribution in [2.75, 3.05) is 19.9 Å². The minimum atomic E-state index is -3.33. The molecule has 6 heteroatoms. The van der Waals surface area contributed by atoms with Gasteiger partial charge in [-0.2, -0.15) is 0 Å². The van der Waals surface area contributed by atoms with Gasteiger partial charge < -0.3 is 10.1 Å². The van der Waals surface area contributed by atoms with Crippen LogP contribution in [0, 0.1) is 6.92 Å². The summed E-state index contributed by atoms with van der Waals surface area (Å²) in [4.78, 5) is 12.3. The van der Waals surface area contributed by atoms with Gasteiger partial charge in [-0.15, -0.1) is 0 Å². The van der Waals surface area contributed by atoms with Crippen LogP contribution in [0.25, 0.3) is 0 Å². The quantitative estimate of drug-likeness (QED) is 0.871. The predicted molar refractivity (Wildman–Crippen MR) is 93.3 cm³/mol. The van der Waals surface area contributed by atoms with Gasteiger partial charge in [0, 0.05) is 18.4 Å². The summed E-state index contributed by atoms with van der Waals surface area (Å²) >= 11 is 0. The number of sulfone groups is 1. The third-order valence-electron chi connectivity index (χ3n) is 3.64. The molecule has 24 heavy (non-hydrogen) atoms. The zero-order valence-corrected chi connectivity index (χ0v) is 14.8. The number of hydrogen-bond donors (Lipinski definition) is 1. The normalized spacial score (nSPS) is 11.1. The van der Waals surface area contributed by atoms with Crippen LogP contribution in [0.2, 0.25) is 0 Å². The van der Waals surface area contributed by atoms with Crippen molar-refractivity contribution in [2.24, 2.45) is 0 Å². The minimum absolute atomic E-state index is 0.135. The summed E-state index contributed by atoms with van der Waals surface area (Å²) in [5.74, 6) is 0.487. The molecule has 0 aliphatic carbocycles. The van der Waals surface area contributed by atoms with Gasteiger partial charge in [0.05, 0.1) is 12.0 Å². The lowest BCUT2D eigenvalue weighted by atomic mass is 10.1. The van der Waals surface area contributed by atoms with Gasteiger partial charge in [0.25, 0.3) is 5.91 Å². The van der Waals surface area contributed by atoms with E-state index in [1.54, 1.807) is 19.2 Å². The number of rotatable bonds is 6. The zero-order chi connectivity index (χ0) is 17.7. The van der Waals surface area contributed by atoms with Crippen molar-refractivity contribution in [3.8, 4) is 5.75 Å². The summed E-state index contributed by atoms with van der Waals surface area (Å²) in [7, 11) is -1.72. The largest absolute Gasteiger partial charge is 0.496 e. The highest BCUT2D eigenvalue weighted by Crippen LogP contribution is 2.19. The first-order valence-electron chi connectivity index (χ1n) is 7.53. The fraction of sp³-hybridized carbons (Fsp3) is 0.278. The molecule has 2 aromatic rings. The molecule has 128 valence electrons. The highest BCUT2D eigenvalue weighted by atomic mass is 32.2. The molecular formula is C18H21NO4S. The van der Waals surface area contributed by atoms with Crippen LogP contribution >= 0.6 is 0 Å². The third-order valence-corrected chi connectivity index (χ3v) is 4.75. The number of methoxy groups -OCH3 is 1. The van der Waals surface area contributed by atoms with Crippen LogP contribution < -0.4 is 10.1 Å². The molecule has 0 saturated carbocycles. The van der Waals surface area contributed by atoms with Gasteiger partial charge in [0.2, 0.25) is 0 Å². The first kappa shape index (κ1) is 18.0. The van der Waals surface area contributed by atoms with E-state index in [1.807, 2.05) is 25.1 Å². The van der Waals surface area contributed by atoms with Crippen molar-refractivity contribution in [2.45, 2.75) is 18.2 Å². The summed E-state index contributed by atoms with van der Waals surface area (Å²) < 4.78 is 28.4. The number of ether oxygens (including phenoxy) is 1. The molecule has 0 fully saturated rings. The molecule has 0 bridgehead atoms. The van der Waals surface area contributed by atoms with Gasteiger partial charge in [0.15, 0.2) is 9.84 Å². The maximum absolute atomic E-state index is 12.2. The Kier molecular flexibility index (Phi) is 5.62. The number of benzene rings is 2.